The van der Waals surface area contributed by atoms with Crippen molar-refractivity contribution in [1.82, 2.24) is 0 Å². The van der Waals surface area contributed by atoms with Crippen LogP contribution in [0.25, 0.3) is 0 Å². The van der Waals surface area contributed by atoms with E-state index in [2.05, 4.69) is 17.0 Å². The molecule has 1 saturated heterocycles. The fraction of sp³-hybridized carbons (Fsp3) is 0.600. The van der Waals surface area contributed by atoms with Gasteiger partial charge in [0.15, 0.2) is 0 Å². The lowest BCUT2D eigenvalue weighted by Crippen LogP contribution is -2.26. The summed E-state index contributed by atoms with van der Waals surface area (Å²) in [6.45, 7) is 4.16. The zero-order chi connectivity index (χ0) is 12.1. The maximum absolute atomic E-state index is 9.49. The third-order valence-electron chi connectivity index (χ3n) is 3.60. The van der Waals surface area contributed by atoms with E-state index < -0.39 is 0 Å². The molecule has 1 fully saturated rings. The molecule has 0 spiro atoms. The largest absolute Gasteiger partial charge is 0.389 e. The highest BCUT2D eigenvalue weighted by molar-refractivity contribution is 5.47. The second-order valence-electron chi connectivity index (χ2n) is 5.02. The van der Waals surface area contributed by atoms with E-state index in [0.29, 0.717) is 0 Å². The topological polar surface area (TPSA) is 23.5 Å². The molecule has 1 aromatic carbocycles. The molecule has 1 atom stereocenters. The molecule has 0 radical (unpaired) electrons. The number of aliphatic hydroxyl groups excluding tert-OH is 1. The van der Waals surface area contributed by atoms with Gasteiger partial charge in [-0.05, 0) is 37.5 Å². The molecule has 0 aromatic heterocycles. The Labute approximate surface area is 104 Å². The Kier molecular flexibility index (Phi) is 4.43. The summed E-state index contributed by atoms with van der Waals surface area (Å²) >= 11 is 0. The summed E-state index contributed by atoms with van der Waals surface area (Å²) in [5.74, 6) is 0. The van der Waals surface area contributed by atoms with Crippen molar-refractivity contribution < 1.29 is 5.11 Å². The molecule has 0 unspecified atom stereocenters. The number of hydrogen-bond acceptors (Lipinski definition) is 2. The van der Waals surface area contributed by atoms with Gasteiger partial charge in [0.05, 0.1) is 6.10 Å². The summed E-state index contributed by atoms with van der Waals surface area (Å²) in [7, 11) is 0. The van der Waals surface area contributed by atoms with Crippen LogP contribution in [-0.2, 0) is 0 Å². The van der Waals surface area contributed by atoms with Crippen molar-refractivity contribution in [2.45, 2.75) is 45.1 Å². The molecule has 1 aliphatic rings. The quantitative estimate of drug-likeness (QED) is 0.845. The van der Waals surface area contributed by atoms with Gasteiger partial charge in [0.1, 0.15) is 0 Å². The molecule has 1 heterocycles. The molecular weight excluding hydrogens is 210 g/mol. The Morgan fingerprint density at radius 1 is 0.941 bits per heavy atom. The average Bonchev–Trinajstić information content (AvgIpc) is 2.29. The summed E-state index contributed by atoms with van der Waals surface area (Å²) in [5.41, 5.74) is 2.30. The fourth-order valence-electron chi connectivity index (χ4n) is 2.47. The van der Waals surface area contributed by atoms with E-state index in [0.717, 1.165) is 5.56 Å². The van der Waals surface area contributed by atoms with Gasteiger partial charge in [0.25, 0.3) is 0 Å². The van der Waals surface area contributed by atoms with E-state index in [4.69, 9.17) is 0 Å². The number of aliphatic hydroxyl groups is 1. The van der Waals surface area contributed by atoms with Crippen molar-refractivity contribution in [3.63, 3.8) is 0 Å². The van der Waals surface area contributed by atoms with Crippen molar-refractivity contribution in [2.24, 2.45) is 0 Å². The van der Waals surface area contributed by atoms with Crippen LogP contribution >= 0.6 is 0 Å². The summed E-state index contributed by atoms with van der Waals surface area (Å²) in [4.78, 5) is 2.48. The van der Waals surface area contributed by atoms with E-state index in [1.807, 2.05) is 19.1 Å². The maximum Gasteiger partial charge on any atom is 0.0761 e. The van der Waals surface area contributed by atoms with Crippen molar-refractivity contribution >= 4 is 5.69 Å². The van der Waals surface area contributed by atoms with Crippen LogP contribution in [-0.4, -0.2) is 18.2 Å². The summed E-state index contributed by atoms with van der Waals surface area (Å²) < 4.78 is 0. The van der Waals surface area contributed by atoms with Gasteiger partial charge in [-0.3, -0.25) is 0 Å². The van der Waals surface area contributed by atoms with Crippen LogP contribution in [0.4, 0.5) is 5.69 Å². The highest BCUT2D eigenvalue weighted by atomic mass is 16.3. The van der Waals surface area contributed by atoms with Crippen molar-refractivity contribution in [3.8, 4) is 0 Å². The third-order valence-corrected chi connectivity index (χ3v) is 3.60. The minimum absolute atomic E-state index is 0.364. The third kappa shape index (κ3) is 3.47. The van der Waals surface area contributed by atoms with E-state index in [1.54, 1.807) is 0 Å². The van der Waals surface area contributed by atoms with Crippen LogP contribution in [0.3, 0.4) is 0 Å². The van der Waals surface area contributed by atoms with Gasteiger partial charge in [-0.2, -0.15) is 0 Å². The summed E-state index contributed by atoms with van der Waals surface area (Å²) in [6.07, 6.45) is 6.37. The summed E-state index contributed by atoms with van der Waals surface area (Å²) in [5, 5.41) is 9.49. The molecule has 0 amide bonds. The van der Waals surface area contributed by atoms with Crippen LogP contribution in [0.2, 0.25) is 0 Å². The Hall–Kier alpha value is -1.02. The van der Waals surface area contributed by atoms with Gasteiger partial charge >= 0.3 is 0 Å². The van der Waals surface area contributed by atoms with E-state index in [-0.39, 0.29) is 6.10 Å². The van der Waals surface area contributed by atoms with Crippen LogP contribution in [0.15, 0.2) is 24.3 Å². The first-order chi connectivity index (χ1) is 8.27. The Morgan fingerprint density at radius 2 is 1.47 bits per heavy atom. The number of hydrogen-bond donors (Lipinski definition) is 1. The Bertz CT molecular complexity index is 323. The zero-order valence-electron chi connectivity index (χ0n) is 10.7. The molecule has 1 aliphatic heterocycles. The molecule has 94 valence electrons. The molecule has 1 N–H and O–H groups in total. The van der Waals surface area contributed by atoms with Crippen LogP contribution in [0, 0.1) is 0 Å². The van der Waals surface area contributed by atoms with Gasteiger partial charge in [-0.1, -0.05) is 31.4 Å². The van der Waals surface area contributed by atoms with Crippen LogP contribution in [0.1, 0.15) is 50.7 Å². The Balaban J connectivity index is 2.04. The molecule has 2 nitrogen and oxygen atoms in total. The van der Waals surface area contributed by atoms with Gasteiger partial charge in [0.2, 0.25) is 0 Å². The number of rotatable bonds is 2. The van der Waals surface area contributed by atoms with Gasteiger partial charge in [0, 0.05) is 18.8 Å². The number of nitrogens with zero attached hydrogens (tertiary/aromatic N) is 1. The minimum Gasteiger partial charge on any atom is -0.389 e. The van der Waals surface area contributed by atoms with Crippen molar-refractivity contribution in [3.05, 3.63) is 29.8 Å². The zero-order valence-corrected chi connectivity index (χ0v) is 10.7. The van der Waals surface area contributed by atoms with Gasteiger partial charge in [-0.25, -0.2) is 0 Å². The fourth-order valence-corrected chi connectivity index (χ4v) is 2.47. The van der Waals surface area contributed by atoms with E-state index >= 15 is 0 Å². The first kappa shape index (κ1) is 12.4. The lowest BCUT2D eigenvalue weighted by atomic mass is 10.1. The molecule has 1 aromatic rings. The molecule has 0 aliphatic carbocycles. The average molecular weight is 233 g/mol. The lowest BCUT2D eigenvalue weighted by Gasteiger charge is -2.27. The molecule has 0 bridgehead atoms. The molecular formula is C15H23NO. The maximum atomic E-state index is 9.49. The first-order valence-corrected chi connectivity index (χ1v) is 6.80. The second kappa shape index (κ2) is 6.06. The summed E-state index contributed by atoms with van der Waals surface area (Å²) in [6, 6.07) is 8.37. The normalized spacial score (nSPS) is 19.5. The van der Waals surface area contributed by atoms with Crippen LogP contribution < -0.4 is 4.90 Å². The smallest absolute Gasteiger partial charge is 0.0761 e. The first-order valence-electron chi connectivity index (χ1n) is 6.80. The van der Waals surface area contributed by atoms with Crippen molar-refractivity contribution in [1.29, 1.82) is 0 Å². The van der Waals surface area contributed by atoms with E-state index in [1.165, 1.54) is 50.9 Å². The van der Waals surface area contributed by atoms with Gasteiger partial charge < -0.3 is 10.0 Å². The molecule has 2 rings (SSSR count). The monoisotopic (exact) mass is 233 g/mol. The van der Waals surface area contributed by atoms with Gasteiger partial charge in [-0.15, -0.1) is 0 Å². The number of benzene rings is 1. The minimum atomic E-state index is -0.364. The van der Waals surface area contributed by atoms with E-state index in [9.17, 15) is 5.11 Å². The highest BCUT2D eigenvalue weighted by Crippen LogP contribution is 2.21. The molecule has 2 heteroatoms. The Morgan fingerprint density at radius 3 is 2.00 bits per heavy atom. The second-order valence-corrected chi connectivity index (χ2v) is 5.02. The number of anilines is 1. The standard InChI is InChI=1S/C15H23NO/c1-13(17)14-7-9-15(10-8-14)16-11-5-3-2-4-6-12-16/h7-10,13,17H,2-6,11-12H2,1H3/t13-/m0/s1. The highest BCUT2D eigenvalue weighted by Gasteiger charge is 2.09. The lowest BCUT2D eigenvalue weighted by molar-refractivity contribution is 0.199. The SMILES string of the molecule is C[C@H](O)c1ccc(N2CCCCCCC2)cc1. The van der Waals surface area contributed by atoms with Crippen LogP contribution in [0.5, 0.6) is 0 Å². The predicted octanol–water partition coefficient (Wildman–Crippen LogP) is 3.51. The molecule has 0 saturated carbocycles. The predicted molar refractivity (Wildman–Crippen MR) is 72.4 cm³/mol. The molecule has 17 heavy (non-hydrogen) atoms. The van der Waals surface area contributed by atoms with Crippen molar-refractivity contribution in [2.75, 3.05) is 18.0 Å².